The van der Waals surface area contributed by atoms with Crippen LogP contribution in [0, 0.1) is 0 Å². The maximum absolute atomic E-state index is 12.3. The van der Waals surface area contributed by atoms with Crippen LogP contribution in [-0.4, -0.2) is 16.0 Å². The van der Waals surface area contributed by atoms with Gasteiger partial charge in [-0.3, -0.25) is 10.1 Å². The van der Waals surface area contributed by atoms with Crippen LogP contribution in [0.3, 0.4) is 0 Å². The van der Waals surface area contributed by atoms with Crippen LogP contribution in [0.15, 0.2) is 84.9 Å². The molecule has 0 radical (unpaired) electrons. The molecule has 32 heavy (non-hydrogen) atoms. The summed E-state index contributed by atoms with van der Waals surface area (Å²) in [6, 6.07) is 27.7. The van der Waals surface area contributed by atoms with E-state index < -0.39 is 0 Å². The van der Waals surface area contributed by atoms with Gasteiger partial charge in [-0.15, -0.1) is 0 Å². The van der Waals surface area contributed by atoms with E-state index in [9.17, 15) is 4.79 Å². The van der Waals surface area contributed by atoms with Gasteiger partial charge in [0.2, 0.25) is 0 Å². The van der Waals surface area contributed by atoms with Crippen molar-refractivity contribution in [1.82, 2.24) is 10.3 Å². The standard InChI is InChI=1S/C26H22N4OS/c31-25(18-7-2-1-3-8-18)30-26(32)27-20-12-14-22-19(16-20)11-15-24(28-22)29-23-13-10-17-6-4-5-9-21(17)23/h1-9,11-12,14-16,23H,10,13H2,(H,28,29)(H2,27,30,31,32)/t23-/m1/s1. The van der Waals surface area contributed by atoms with Gasteiger partial charge >= 0.3 is 0 Å². The molecule has 3 aromatic carbocycles. The molecule has 1 amide bonds. The van der Waals surface area contributed by atoms with Gasteiger partial charge < -0.3 is 10.6 Å². The van der Waals surface area contributed by atoms with Crippen molar-refractivity contribution in [3.63, 3.8) is 0 Å². The molecule has 158 valence electrons. The number of pyridine rings is 1. The van der Waals surface area contributed by atoms with Crippen LogP contribution in [0.25, 0.3) is 10.9 Å². The molecule has 0 fully saturated rings. The molecule has 4 aromatic rings. The monoisotopic (exact) mass is 438 g/mol. The second kappa shape index (κ2) is 8.77. The van der Waals surface area contributed by atoms with E-state index in [1.165, 1.54) is 11.1 Å². The van der Waals surface area contributed by atoms with Gasteiger partial charge in [0, 0.05) is 16.6 Å². The van der Waals surface area contributed by atoms with Crippen LogP contribution in [0.5, 0.6) is 0 Å². The average Bonchev–Trinajstić information content (AvgIpc) is 3.22. The van der Waals surface area contributed by atoms with E-state index in [0.29, 0.717) is 11.6 Å². The summed E-state index contributed by atoms with van der Waals surface area (Å²) in [6.07, 6.45) is 2.17. The molecule has 1 heterocycles. The van der Waals surface area contributed by atoms with Crippen LogP contribution in [0.4, 0.5) is 11.5 Å². The average molecular weight is 439 g/mol. The molecule has 1 aliphatic rings. The summed E-state index contributed by atoms with van der Waals surface area (Å²) < 4.78 is 0. The first-order chi connectivity index (χ1) is 15.7. The molecule has 0 saturated heterocycles. The quantitative estimate of drug-likeness (QED) is 0.369. The predicted octanol–water partition coefficient (Wildman–Crippen LogP) is 5.46. The molecule has 1 aliphatic carbocycles. The van der Waals surface area contributed by atoms with Crippen molar-refractivity contribution in [2.45, 2.75) is 18.9 Å². The van der Waals surface area contributed by atoms with E-state index in [0.717, 1.165) is 35.2 Å². The number of hydrogen-bond acceptors (Lipinski definition) is 4. The van der Waals surface area contributed by atoms with E-state index in [1.54, 1.807) is 12.1 Å². The molecule has 5 nitrogen and oxygen atoms in total. The third-order valence-corrected chi connectivity index (χ3v) is 5.87. The Kier molecular flexibility index (Phi) is 5.52. The molecule has 0 unspecified atom stereocenters. The highest BCUT2D eigenvalue weighted by atomic mass is 32.1. The number of aromatic nitrogens is 1. The number of amides is 1. The van der Waals surface area contributed by atoms with Crippen molar-refractivity contribution in [2.24, 2.45) is 0 Å². The van der Waals surface area contributed by atoms with Gasteiger partial charge in [0.05, 0.1) is 11.6 Å². The Morgan fingerprint density at radius 2 is 1.75 bits per heavy atom. The van der Waals surface area contributed by atoms with Crippen molar-refractivity contribution < 1.29 is 4.79 Å². The van der Waals surface area contributed by atoms with Gasteiger partial charge in [-0.25, -0.2) is 4.98 Å². The summed E-state index contributed by atoms with van der Waals surface area (Å²) in [5.41, 5.74) is 5.02. The minimum absolute atomic E-state index is 0.241. The Labute approximate surface area is 191 Å². The third kappa shape index (κ3) is 4.31. The second-order valence-corrected chi connectivity index (χ2v) is 8.22. The van der Waals surface area contributed by atoms with E-state index in [1.807, 2.05) is 48.5 Å². The lowest BCUT2D eigenvalue weighted by Crippen LogP contribution is -2.34. The summed E-state index contributed by atoms with van der Waals surface area (Å²) in [5, 5.41) is 10.6. The van der Waals surface area contributed by atoms with Crippen molar-refractivity contribution in [3.8, 4) is 0 Å². The van der Waals surface area contributed by atoms with Gasteiger partial charge in [-0.05, 0) is 78.7 Å². The number of thiocarbonyl (C=S) groups is 1. The van der Waals surface area contributed by atoms with E-state index in [-0.39, 0.29) is 11.0 Å². The molecule has 6 heteroatoms. The SMILES string of the molecule is O=C(NC(=S)Nc1ccc2nc(N[C@@H]3CCc4ccccc43)ccc2c1)c1ccccc1. The maximum Gasteiger partial charge on any atom is 0.257 e. The number of nitrogens with one attached hydrogen (secondary N) is 3. The lowest BCUT2D eigenvalue weighted by Gasteiger charge is -2.15. The lowest BCUT2D eigenvalue weighted by molar-refractivity contribution is 0.0977. The Morgan fingerprint density at radius 3 is 2.62 bits per heavy atom. The van der Waals surface area contributed by atoms with E-state index >= 15 is 0 Å². The third-order valence-electron chi connectivity index (χ3n) is 5.67. The molecule has 0 spiro atoms. The summed E-state index contributed by atoms with van der Waals surface area (Å²) in [6.45, 7) is 0. The first kappa shape index (κ1) is 20.2. The van der Waals surface area contributed by atoms with E-state index in [2.05, 4.69) is 40.2 Å². The number of carbonyl (C=O) groups excluding carboxylic acids is 1. The summed E-state index contributed by atoms with van der Waals surface area (Å²) in [7, 11) is 0. The smallest absolute Gasteiger partial charge is 0.257 e. The molecule has 3 N–H and O–H groups in total. The van der Waals surface area contributed by atoms with Gasteiger partial charge in [0.15, 0.2) is 5.11 Å². The van der Waals surface area contributed by atoms with Crippen molar-refractivity contribution in [3.05, 3.63) is 102 Å². The minimum atomic E-state index is -0.241. The number of carbonyl (C=O) groups is 1. The highest BCUT2D eigenvalue weighted by Gasteiger charge is 2.21. The van der Waals surface area contributed by atoms with Gasteiger partial charge in [-0.2, -0.15) is 0 Å². The van der Waals surface area contributed by atoms with Crippen molar-refractivity contribution in [1.29, 1.82) is 0 Å². The molecule has 1 aromatic heterocycles. The molecular formula is C26H22N4OS. The van der Waals surface area contributed by atoms with Crippen LogP contribution in [0.1, 0.15) is 33.9 Å². The number of benzene rings is 3. The van der Waals surface area contributed by atoms with Gasteiger partial charge in [0.25, 0.3) is 5.91 Å². The zero-order chi connectivity index (χ0) is 21.9. The Bertz CT molecular complexity index is 1310. The largest absolute Gasteiger partial charge is 0.363 e. The van der Waals surface area contributed by atoms with Crippen molar-refractivity contribution in [2.75, 3.05) is 10.6 Å². The highest BCUT2D eigenvalue weighted by Crippen LogP contribution is 2.33. The molecule has 5 rings (SSSR count). The summed E-state index contributed by atoms with van der Waals surface area (Å²) >= 11 is 5.30. The fraction of sp³-hybridized carbons (Fsp3) is 0.115. The predicted molar refractivity (Wildman–Crippen MR) is 133 cm³/mol. The van der Waals surface area contributed by atoms with Crippen molar-refractivity contribution >= 4 is 45.6 Å². The normalized spacial score (nSPS) is 14.6. The zero-order valence-corrected chi connectivity index (χ0v) is 18.2. The number of anilines is 2. The number of nitrogens with zero attached hydrogens (tertiary/aromatic N) is 1. The first-order valence-electron chi connectivity index (χ1n) is 10.6. The number of hydrogen-bond donors (Lipinski definition) is 3. The van der Waals surface area contributed by atoms with Gasteiger partial charge in [0.1, 0.15) is 5.82 Å². The van der Waals surface area contributed by atoms with Gasteiger partial charge in [-0.1, -0.05) is 42.5 Å². The topological polar surface area (TPSA) is 66.0 Å². The van der Waals surface area contributed by atoms with Crippen LogP contribution in [-0.2, 0) is 6.42 Å². The van der Waals surface area contributed by atoms with E-state index in [4.69, 9.17) is 17.2 Å². The Morgan fingerprint density at radius 1 is 0.938 bits per heavy atom. The Hall–Kier alpha value is -3.77. The Balaban J connectivity index is 1.26. The van der Waals surface area contributed by atoms with Crippen LogP contribution in [0.2, 0.25) is 0 Å². The molecule has 0 bridgehead atoms. The van der Waals surface area contributed by atoms with Crippen LogP contribution < -0.4 is 16.0 Å². The van der Waals surface area contributed by atoms with Crippen LogP contribution >= 0.6 is 12.2 Å². The zero-order valence-electron chi connectivity index (χ0n) is 17.3. The molecular weight excluding hydrogens is 416 g/mol. The lowest BCUT2D eigenvalue weighted by atomic mass is 10.1. The first-order valence-corrected chi connectivity index (χ1v) is 11.0. The maximum atomic E-state index is 12.3. The molecule has 1 atom stereocenters. The second-order valence-electron chi connectivity index (χ2n) is 7.81. The fourth-order valence-corrected chi connectivity index (χ4v) is 4.31. The molecule has 0 saturated carbocycles. The molecule has 0 aliphatic heterocycles. The fourth-order valence-electron chi connectivity index (χ4n) is 4.10. The minimum Gasteiger partial charge on any atom is -0.363 e. The number of rotatable bonds is 4. The highest BCUT2D eigenvalue weighted by molar-refractivity contribution is 7.80. The summed E-state index contributed by atoms with van der Waals surface area (Å²) in [4.78, 5) is 17.0. The summed E-state index contributed by atoms with van der Waals surface area (Å²) in [5.74, 6) is 0.625. The number of aryl methyl sites for hydroxylation is 1. The number of fused-ring (bicyclic) bond motifs is 2.